The second-order valence-corrected chi connectivity index (χ2v) is 5.56. The monoisotopic (exact) mass is 267 g/mol. The number of ether oxygens (including phenoxy) is 1. The van der Waals surface area contributed by atoms with Gasteiger partial charge in [-0.2, -0.15) is 0 Å². The van der Waals surface area contributed by atoms with Crippen LogP contribution in [0.5, 0.6) is 0 Å². The maximum atomic E-state index is 13.4. The Balaban J connectivity index is 3.03. The summed E-state index contributed by atoms with van der Waals surface area (Å²) < 4.78 is 18.2. The maximum absolute atomic E-state index is 13.4. The van der Waals surface area contributed by atoms with Crippen LogP contribution in [0, 0.1) is 18.7 Å². The topological polar surface area (TPSA) is 38.3 Å². The molecule has 4 heteroatoms. The van der Waals surface area contributed by atoms with Crippen molar-refractivity contribution in [3.05, 3.63) is 29.6 Å². The third kappa shape index (κ3) is 4.23. The van der Waals surface area contributed by atoms with Crippen LogP contribution in [-0.4, -0.2) is 18.6 Å². The van der Waals surface area contributed by atoms with Crippen LogP contribution in [0.1, 0.15) is 32.8 Å². The van der Waals surface area contributed by atoms with Gasteiger partial charge in [-0.15, -0.1) is 0 Å². The van der Waals surface area contributed by atoms with Gasteiger partial charge in [-0.1, -0.05) is 13.8 Å². The molecule has 1 aromatic carbocycles. The van der Waals surface area contributed by atoms with E-state index >= 15 is 0 Å². The van der Waals surface area contributed by atoms with Crippen LogP contribution in [0.3, 0.4) is 0 Å². The van der Waals surface area contributed by atoms with Gasteiger partial charge in [-0.3, -0.25) is 0 Å². The zero-order valence-corrected chi connectivity index (χ0v) is 12.2. The number of methoxy groups -OCH3 is 1. The standard InChI is InChI=1S/C15H22FNO2/c1-10(2)9-15(4,14(18)19-5)17-13-7-11(3)6-12(16)8-13/h6-8,10,17H,9H2,1-5H3. The highest BCUT2D eigenvalue weighted by molar-refractivity contribution is 5.84. The SMILES string of the molecule is COC(=O)C(C)(CC(C)C)Nc1cc(C)cc(F)c1. The van der Waals surface area contributed by atoms with Crippen LogP contribution in [-0.2, 0) is 9.53 Å². The molecule has 0 amide bonds. The number of halogens is 1. The molecule has 0 radical (unpaired) electrons. The van der Waals surface area contributed by atoms with Gasteiger partial charge in [0.1, 0.15) is 11.4 Å². The van der Waals surface area contributed by atoms with E-state index in [1.807, 2.05) is 26.8 Å². The first-order valence-electron chi connectivity index (χ1n) is 6.40. The highest BCUT2D eigenvalue weighted by atomic mass is 19.1. The molecule has 0 aliphatic carbocycles. The van der Waals surface area contributed by atoms with Crippen LogP contribution < -0.4 is 5.32 Å². The number of nitrogens with one attached hydrogen (secondary N) is 1. The van der Waals surface area contributed by atoms with Crippen molar-refractivity contribution in [2.75, 3.05) is 12.4 Å². The summed E-state index contributed by atoms with van der Waals surface area (Å²) in [6, 6.07) is 4.64. The molecule has 1 unspecified atom stereocenters. The molecule has 1 rings (SSSR count). The molecule has 0 aliphatic rings. The smallest absolute Gasteiger partial charge is 0.331 e. The van der Waals surface area contributed by atoms with Crippen molar-refractivity contribution in [1.82, 2.24) is 0 Å². The molecule has 106 valence electrons. The van der Waals surface area contributed by atoms with Gasteiger partial charge in [0.25, 0.3) is 0 Å². The number of esters is 1. The minimum absolute atomic E-state index is 0.311. The second kappa shape index (κ2) is 6.04. The highest BCUT2D eigenvalue weighted by Gasteiger charge is 2.35. The largest absolute Gasteiger partial charge is 0.467 e. The van der Waals surface area contributed by atoms with Crippen molar-refractivity contribution in [3.63, 3.8) is 0 Å². The summed E-state index contributed by atoms with van der Waals surface area (Å²) in [4.78, 5) is 12.0. The minimum atomic E-state index is -0.858. The average Bonchev–Trinajstić information content (AvgIpc) is 2.24. The summed E-state index contributed by atoms with van der Waals surface area (Å²) in [6.45, 7) is 7.64. The van der Waals surface area contributed by atoms with Crippen molar-refractivity contribution < 1.29 is 13.9 Å². The Kier molecular flexibility index (Phi) is 4.92. The lowest BCUT2D eigenvalue weighted by Gasteiger charge is -2.30. The van der Waals surface area contributed by atoms with Gasteiger partial charge in [-0.05, 0) is 49.9 Å². The Labute approximate surface area is 114 Å². The van der Waals surface area contributed by atoms with Crippen molar-refractivity contribution in [3.8, 4) is 0 Å². The molecule has 0 spiro atoms. The molecule has 0 heterocycles. The quantitative estimate of drug-likeness (QED) is 0.829. The molecule has 3 nitrogen and oxygen atoms in total. The van der Waals surface area contributed by atoms with E-state index in [1.165, 1.54) is 19.2 Å². The number of carbonyl (C=O) groups is 1. The maximum Gasteiger partial charge on any atom is 0.331 e. The van der Waals surface area contributed by atoms with Gasteiger partial charge >= 0.3 is 5.97 Å². The highest BCUT2D eigenvalue weighted by Crippen LogP contribution is 2.25. The molecule has 0 saturated heterocycles. The third-order valence-corrected chi connectivity index (χ3v) is 2.91. The van der Waals surface area contributed by atoms with E-state index in [-0.39, 0.29) is 11.8 Å². The Morgan fingerprint density at radius 3 is 2.53 bits per heavy atom. The number of aryl methyl sites for hydroxylation is 1. The van der Waals surface area contributed by atoms with E-state index in [1.54, 1.807) is 6.92 Å². The van der Waals surface area contributed by atoms with E-state index in [0.717, 1.165) is 5.56 Å². The summed E-state index contributed by atoms with van der Waals surface area (Å²) in [5, 5.41) is 3.10. The lowest BCUT2D eigenvalue weighted by Crippen LogP contribution is -2.45. The summed E-state index contributed by atoms with van der Waals surface area (Å²) in [5.41, 5.74) is 0.536. The molecule has 1 N–H and O–H groups in total. The van der Waals surface area contributed by atoms with E-state index in [2.05, 4.69) is 5.32 Å². The number of carbonyl (C=O) groups excluding carboxylic acids is 1. The molecule has 1 atom stereocenters. The predicted octanol–water partition coefficient (Wildman–Crippen LogP) is 3.52. The summed E-state index contributed by atoms with van der Waals surface area (Å²) in [5.74, 6) is -0.353. The Morgan fingerprint density at radius 2 is 2.05 bits per heavy atom. The van der Waals surface area contributed by atoms with Gasteiger partial charge < -0.3 is 10.1 Å². The molecule has 0 fully saturated rings. The molecule has 0 saturated carbocycles. The van der Waals surface area contributed by atoms with Crippen LogP contribution in [0.25, 0.3) is 0 Å². The van der Waals surface area contributed by atoms with E-state index < -0.39 is 5.54 Å². The molecular weight excluding hydrogens is 245 g/mol. The van der Waals surface area contributed by atoms with Crippen LogP contribution in [0.4, 0.5) is 10.1 Å². The predicted molar refractivity (Wildman–Crippen MR) is 74.6 cm³/mol. The van der Waals surface area contributed by atoms with Crippen LogP contribution >= 0.6 is 0 Å². The second-order valence-electron chi connectivity index (χ2n) is 5.56. The normalized spacial score (nSPS) is 14.1. The van der Waals surface area contributed by atoms with Crippen molar-refractivity contribution in [2.24, 2.45) is 5.92 Å². The van der Waals surface area contributed by atoms with E-state index in [0.29, 0.717) is 18.0 Å². The Bertz CT molecular complexity index is 439. The van der Waals surface area contributed by atoms with Crippen molar-refractivity contribution in [1.29, 1.82) is 0 Å². The zero-order valence-electron chi connectivity index (χ0n) is 12.2. The third-order valence-electron chi connectivity index (χ3n) is 2.91. The molecule has 0 aromatic heterocycles. The zero-order chi connectivity index (χ0) is 14.6. The van der Waals surface area contributed by atoms with Crippen LogP contribution in [0.15, 0.2) is 18.2 Å². The van der Waals surface area contributed by atoms with Gasteiger partial charge in [0, 0.05) is 5.69 Å². The first-order valence-corrected chi connectivity index (χ1v) is 6.40. The lowest BCUT2D eigenvalue weighted by atomic mass is 9.90. The van der Waals surface area contributed by atoms with Crippen molar-refractivity contribution in [2.45, 2.75) is 39.7 Å². The summed E-state index contributed by atoms with van der Waals surface area (Å²) in [7, 11) is 1.36. The summed E-state index contributed by atoms with van der Waals surface area (Å²) >= 11 is 0. The Morgan fingerprint density at radius 1 is 1.42 bits per heavy atom. The number of hydrogen-bond donors (Lipinski definition) is 1. The Hall–Kier alpha value is -1.58. The first kappa shape index (κ1) is 15.5. The summed E-state index contributed by atoms with van der Waals surface area (Å²) in [6.07, 6.45) is 0.606. The van der Waals surface area contributed by atoms with Gasteiger partial charge in [0.15, 0.2) is 0 Å². The average molecular weight is 267 g/mol. The van der Waals surface area contributed by atoms with E-state index in [4.69, 9.17) is 4.74 Å². The molecule has 0 bridgehead atoms. The number of anilines is 1. The van der Waals surface area contributed by atoms with Crippen molar-refractivity contribution >= 4 is 11.7 Å². The van der Waals surface area contributed by atoms with Crippen LogP contribution in [0.2, 0.25) is 0 Å². The van der Waals surface area contributed by atoms with Gasteiger partial charge in [0.2, 0.25) is 0 Å². The molecule has 1 aromatic rings. The fourth-order valence-electron chi connectivity index (χ4n) is 2.35. The minimum Gasteiger partial charge on any atom is -0.467 e. The fourth-order valence-corrected chi connectivity index (χ4v) is 2.35. The van der Waals surface area contributed by atoms with E-state index in [9.17, 15) is 9.18 Å². The molecule has 0 aliphatic heterocycles. The fraction of sp³-hybridized carbons (Fsp3) is 0.533. The number of benzene rings is 1. The number of hydrogen-bond acceptors (Lipinski definition) is 3. The molecule has 19 heavy (non-hydrogen) atoms. The first-order chi connectivity index (χ1) is 8.76. The number of rotatable bonds is 5. The van der Waals surface area contributed by atoms with Gasteiger partial charge in [0.05, 0.1) is 7.11 Å². The lowest BCUT2D eigenvalue weighted by molar-refractivity contribution is -0.146. The van der Waals surface area contributed by atoms with Gasteiger partial charge in [-0.25, -0.2) is 9.18 Å². The molecular formula is C15H22FNO2.